The predicted octanol–water partition coefficient (Wildman–Crippen LogP) is 4.06. The average Bonchev–Trinajstić information content (AvgIpc) is 3.21. The van der Waals surface area contributed by atoms with Crippen LogP contribution in [-0.4, -0.2) is 39.3 Å². The fourth-order valence-corrected chi connectivity index (χ4v) is 5.28. The number of hydrogen-bond donors (Lipinski definition) is 1. The van der Waals surface area contributed by atoms with Gasteiger partial charge in [-0.2, -0.15) is 0 Å². The van der Waals surface area contributed by atoms with Crippen LogP contribution in [0.2, 0.25) is 0 Å². The van der Waals surface area contributed by atoms with Gasteiger partial charge in [-0.05, 0) is 68.5 Å². The minimum Gasteiger partial charge on any atom is -0.323 e. The largest absolute Gasteiger partial charge is 0.325 e. The van der Waals surface area contributed by atoms with Gasteiger partial charge in [-0.3, -0.25) is 14.5 Å². The van der Waals surface area contributed by atoms with Crippen molar-refractivity contribution < 1.29 is 14.4 Å². The summed E-state index contributed by atoms with van der Waals surface area (Å²) >= 11 is 0. The molecule has 1 unspecified atom stereocenters. The number of amides is 3. The third kappa shape index (κ3) is 3.46. The van der Waals surface area contributed by atoms with E-state index >= 15 is 0 Å². The molecule has 1 aliphatic carbocycles. The number of nitrogens with one attached hydrogen (secondary N) is 1. The summed E-state index contributed by atoms with van der Waals surface area (Å²) in [6.07, 6.45) is 1.73. The Bertz CT molecular complexity index is 1310. The van der Waals surface area contributed by atoms with E-state index in [4.69, 9.17) is 0 Å². The fourth-order valence-electron chi connectivity index (χ4n) is 5.28. The molecule has 6 heteroatoms. The molecule has 33 heavy (non-hydrogen) atoms. The van der Waals surface area contributed by atoms with Crippen LogP contribution in [0.1, 0.15) is 44.9 Å². The van der Waals surface area contributed by atoms with E-state index in [1.54, 1.807) is 0 Å². The molecule has 1 saturated heterocycles. The Morgan fingerprint density at radius 3 is 2.52 bits per heavy atom. The second-order valence-corrected chi connectivity index (χ2v) is 9.23. The van der Waals surface area contributed by atoms with Crippen LogP contribution < -0.4 is 5.32 Å². The number of imide groups is 1. The van der Waals surface area contributed by atoms with Crippen LogP contribution in [-0.2, 0) is 17.6 Å². The summed E-state index contributed by atoms with van der Waals surface area (Å²) in [4.78, 5) is 40.5. The van der Waals surface area contributed by atoms with Gasteiger partial charge in [0.05, 0.1) is 6.54 Å². The number of rotatable bonds is 4. The van der Waals surface area contributed by atoms with Crippen molar-refractivity contribution in [1.82, 2.24) is 14.8 Å². The first kappa shape index (κ1) is 21.2. The van der Waals surface area contributed by atoms with Gasteiger partial charge in [0.1, 0.15) is 5.54 Å². The third-order valence-corrected chi connectivity index (χ3v) is 6.97. The SMILES string of the molecule is Cc1cccc(-n2c(C)cc(C(=O)CN3C(=O)NC4(CCc5ccccc5C4)C3=O)c2C)c1. The molecule has 3 amide bonds. The maximum atomic E-state index is 13.4. The summed E-state index contributed by atoms with van der Waals surface area (Å²) in [6.45, 7) is 5.62. The van der Waals surface area contributed by atoms with E-state index in [1.807, 2.05) is 67.8 Å². The van der Waals surface area contributed by atoms with Crippen molar-refractivity contribution in [3.05, 3.63) is 88.2 Å². The third-order valence-electron chi connectivity index (χ3n) is 6.97. The molecular weight excluding hydrogens is 414 g/mol. The van der Waals surface area contributed by atoms with Crippen LogP contribution >= 0.6 is 0 Å². The van der Waals surface area contributed by atoms with Crippen molar-refractivity contribution in [2.45, 2.75) is 45.6 Å². The first-order valence-electron chi connectivity index (χ1n) is 11.3. The average molecular weight is 442 g/mol. The highest BCUT2D eigenvalue weighted by molar-refractivity contribution is 6.11. The van der Waals surface area contributed by atoms with Crippen molar-refractivity contribution in [3.63, 3.8) is 0 Å². The number of benzene rings is 2. The van der Waals surface area contributed by atoms with Crippen LogP contribution in [0.5, 0.6) is 0 Å². The van der Waals surface area contributed by atoms with Crippen molar-refractivity contribution in [2.24, 2.45) is 0 Å². The van der Waals surface area contributed by atoms with Crippen molar-refractivity contribution in [1.29, 1.82) is 0 Å². The molecule has 168 valence electrons. The molecule has 2 aromatic carbocycles. The molecule has 0 saturated carbocycles. The Morgan fingerprint density at radius 2 is 1.76 bits per heavy atom. The standard InChI is InChI=1S/C27H27N3O3/c1-17-7-6-10-22(13-17)30-18(2)14-23(19(30)3)24(31)16-29-25(32)27(28-26(29)33)12-11-20-8-4-5-9-21(20)15-27/h4-10,13-14H,11-12,15-16H2,1-3H3,(H,28,33). The number of carbonyl (C=O) groups is 3. The van der Waals surface area contributed by atoms with Gasteiger partial charge in [-0.25, -0.2) is 4.79 Å². The highest BCUT2D eigenvalue weighted by Crippen LogP contribution is 2.34. The summed E-state index contributed by atoms with van der Waals surface area (Å²) < 4.78 is 2.03. The number of aryl methyl sites for hydroxylation is 3. The van der Waals surface area contributed by atoms with E-state index in [1.165, 1.54) is 5.56 Å². The number of hydrogen-bond acceptors (Lipinski definition) is 3. The Balaban J connectivity index is 1.39. The molecule has 1 atom stereocenters. The molecule has 0 bridgehead atoms. The Kier molecular flexibility index (Phi) is 4.96. The zero-order valence-corrected chi connectivity index (χ0v) is 19.1. The maximum absolute atomic E-state index is 13.4. The fraction of sp³-hybridized carbons (Fsp3) is 0.296. The second-order valence-electron chi connectivity index (χ2n) is 9.23. The number of Topliss-reactive ketones (excluding diaryl/α,β-unsaturated/α-hetero) is 1. The zero-order valence-electron chi connectivity index (χ0n) is 19.1. The molecule has 6 nitrogen and oxygen atoms in total. The zero-order chi connectivity index (χ0) is 23.3. The lowest BCUT2D eigenvalue weighted by Crippen LogP contribution is -2.51. The minimum atomic E-state index is -0.954. The summed E-state index contributed by atoms with van der Waals surface area (Å²) in [5, 5.41) is 2.91. The minimum absolute atomic E-state index is 0.237. The van der Waals surface area contributed by atoms with Gasteiger partial charge in [-0.1, -0.05) is 36.4 Å². The number of carbonyl (C=O) groups excluding carboxylic acids is 3. The van der Waals surface area contributed by atoms with E-state index in [2.05, 4.69) is 17.4 Å². The highest BCUT2D eigenvalue weighted by Gasteiger charge is 2.52. The lowest BCUT2D eigenvalue weighted by molar-refractivity contribution is -0.131. The van der Waals surface area contributed by atoms with E-state index in [9.17, 15) is 14.4 Å². The second kappa shape index (κ2) is 7.73. The van der Waals surface area contributed by atoms with Crippen LogP contribution in [0.3, 0.4) is 0 Å². The summed E-state index contributed by atoms with van der Waals surface area (Å²) in [7, 11) is 0. The van der Waals surface area contributed by atoms with Crippen molar-refractivity contribution in [3.8, 4) is 5.69 Å². The quantitative estimate of drug-likeness (QED) is 0.490. The molecule has 0 radical (unpaired) electrons. The maximum Gasteiger partial charge on any atom is 0.325 e. The van der Waals surface area contributed by atoms with Gasteiger partial charge in [0.15, 0.2) is 5.78 Å². The van der Waals surface area contributed by atoms with Gasteiger partial charge >= 0.3 is 6.03 Å². The molecule has 5 rings (SSSR count). The first-order chi connectivity index (χ1) is 15.8. The lowest BCUT2D eigenvalue weighted by atomic mass is 9.78. The topological polar surface area (TPSA) is 71.4 Å². The molecule has 1 N–H and O–H groups in total. The van der Waals surface area contributed by atoms with E-state index < -0.39 is 11.6 Å². The van der Waals surface area contributed by atoms with E-state index in [-0.39, 0.29) is 18.2 Å². The molecule has 2 heterocycles. The molecule has 1 aliphatic heterocycles. The lowest BCUT2D eigenvalue weighted by Gasteiger charge is -2.32. The number of urea groups is 1. The van der Waals surface area contributed by atoms with Gasteiger partial charge in [0.2, 0.25) is 0 Å². The van der Waals surface area contributed by atoms with Crippen LogP contribution in [0.25, 0.3) is 5.69 Å². The first-order valence-corrected chi connectivity index (χ1v) is 11.3. The number of ketones is 1. The van der Waals surface area contributed by atoms with Crippen LogP contribution in [0.15, 0.2) is 54.6 Å². The number of aromatic nitrogens is 1. The Morgan fingerprint density at radius 1 is 1.00 bits per heavy atom. The predicted molar refractivity (Wildman–Crippen MR) is 126 cm³/mol. The van der Waals surface area contributed by atoms with Crippen LogP contribution in [0.4, 0.5) is 4.79 Å². The molecule has 1 aromatic heterocycles. The van der Waals surface area contributed by atoms with Crippen LogP contribution in [0, 0.1) is 20.8 Å². The summed E-state index contributed by atoms with van der Waals surface area (Å²) in [6, 6.07) is 17.4. The normalized spacial score (nSPS) is 19.7. The Hall–Kier alpha value is -3.67. The van der Waals surface area contributed by atoms with E-state index in [0.29, 0.717) is 18.4 Å². The van der Waals surface area contributed by atoms with Crippen molar-refractivity contribution >= 4 is 17.7 Å². The molecular formula is C27H27N3O3. The smallest absolute Gasteiger partial charge is 0.323 e. The van der Waals surface area contributed by atoms with Gasteiger partial charge in [0.25, 0.3) is 5.91 Å². The highest BCUT2D eigenvalue weighted by atomic mass is 16.2. The van der Waals surface area contributed by atoms with Gasteiger partial charge in [0, 0.05) is 29.1 Å². The van der Waals surface area contributed by atoms with Gasteiger partial charge < -0.3 is 9.88 Å². The molecule has 2 aliphatic rings. The number of nitrogens with zero attached hydrogens (tertiary/aromatic N) is 2. The van der Waals surface area contributed by atoms with Crippen molar-refractivity contribution in [2.75, 3.05) is 6.54 Å². The molecule has 1 spiro atoms. The summed E-state index contributed by atoms with van der Waals surface area (Å²) in [5.41, 5.74) is 5.71. The number of fused-ring (bicyclic) bond motifs is 1. The summed E-state index contributed by atoms with van der Waals surface area (Å²) in [5.74, 6) is -0.540. The van der Waals surface area contributed by atoms with Gasteiger partial charge in [-0.15, -0.1) is 0 Å². The Labute approximate surface area is 193 Å². The monoisotopic (exact) mass is 441 g/mol. The molecule has 1 fully saturated rings. The van der Waals surface area contributed by atoms with E-state index in [0.717, 1.165) is 39.5 Å². The molecule has 3 aromatic rings.